The number of rotatable bonds is 4. The number of H-pyrrole nitrogens is 1. The summed E-state index contributed by atoms with van der Waals surface area (Å²) in [5, 5.41) is 5.39. The highest BCUT2D eigenvalue weighted by Crippen LogP contribution is 2.27. The number of hydrogen-bond acceptors (Lipinski definition) is 3. The number of aromatic nitrogens is 2. The lowest BCUT2D eigenvalue weighted by Gasteiger charge is -2.08. The van der Waals surface area contributed by atoms with Crippen molar-refractivity contribution in [2.75, 3.05) is 0 Å². The molecule has 0 saturated carbocycles. The van der Waals surface area contributed by atoms with Crippen molar-refractivity contribution in [3.05, 3.63) is 82.7 Å². The number of carbonyl (C=O) groups is 1. The van der Waals surface area contributed by atoms with Crippen LogP contribution in [0.25, 0.3) is 39.1 Å². The minimum absolute atomic E-state index is 0.0543. The molecule has 0 saturated heterocycles. The van der Waals surface area contributed by atoms with Crippen LogP contribution in [0, 0.1) is 0 Å². The fourth-order valence-corrected chi connectivity index (χ4v) is 3.38. The first-order chi connectivity index (χ1) is 14.0. The Kier molecular flexibility index (Phi) is 4.96. The van der Waals surface area contributed by atoms with Crippen LogP contribution in [0.1, 0.15) is 19.4 Å². The summed E-state index contributed by atoms with van der Waals surface area (Å²) < 4.78 is 0. The standard InChI is InChI=1S/C24H21N3O2/c1-15(2)25-21(28)14-13-17-9-6-12-20-22(17)26-23(27-24(20)29)19-11-5-8-16-7-3-4-10-18(16)19/h3-15H,1-2H3,(H,25,28)(H,26,27,29)/b14-13+. The first kappa shape index (κ1) is 18.6. The quantitative estimate of drug-likeness (QED) is 0.517. The number of nitrogens with one attached hydrogen (secondary N) is 2. The fraction of sp³-hybridized carbons (Fsp3) is 0.125. The third-order valence-corrected chi connectivity index (χ3v) is 4.66. The molecule has 0 unspecified atom stereocenters. The first-order valence-electron chi connectivity index (χ1n) is 9.52. The Morgan fingerprint density at radius 3 is 2.55 bits per heavy atom. The van der Waals surface area contributed by atoms with Crippen LogP contribution >= 0.6 is 0 Å². The summed E-state index contributed by atoms with van der Waals surface area (Å²) in [6.07, 6.45) is 3.16. The molecule has 4 aromatic rings. The van der Waals surface area contributed by atoms with Gasteiger partial charge in [-0.1, -0.05) is 54.6 Å². The lowest BCUT2D eigenvalue weighted by atomic mass is 10.0. The Balaban J connectivity index is 1.87. The van der Waals surface area contributed by atoms with Crippen LogP contribution in [0.3, 0.4) is 0 Å². The van der Waals surface area contributed by atoms with Gasteiger partial charge in [-0.3, -0.25) is 9.59 Å². The third kappa shape index (κ3) is 3.80. The first-order valence-corrected chi connectivity index (χ1v) is 9.52. The lowest BCUT2D eigenvalue weighted by Crippen LogP contribution is -2.28. The zero-order valence-corrected chi connectivity index (χ0v) is 16.3. The van der Waals surface area contributed by atoms with E-state index >= 15 is 0 Å². The number of carbonyl (C=O) groups excluding carboxylic acids is 1. The van der Waals surface area contributed by atoms with Gasteiger partial charge in [-0.2, -0.15) is 0 Å². The predicted octanol–water partition coefficient (Wildman–Crippen LogP) is 4.28. The molecule has 1 aromatic heterocycles. The topological polar surface area (TPSA) is 74.8 Å². The van der Waals surface area contributed by atoms with Gasteiger partial charge in [0.1, 0.15) is 5.82 Å². The minimum atomic E-state index is -0.209. The summed E-state index contributed by atoms with van der Waals surface area (Å²) in [6.45, 7) is 3.81. The predicted molar refractivity (Wildman–Crippen MR) is 118 cm³/mol. The molecule has 4 rings (SSSR count). The zero-order chi connectivity index (χ0) is 20.4. The van der Waals surface area contributed by atoms with Crippen molar-refractivity contribution in [3.8, 4) is 11.4 Å². The van der Waals surface area contributed by atoms with Crippen molar-refractivity contribution in [1.82, 2.24) is 15.3 Å². The van der Waals surface area contributed by atoms with Crippen LogP contribution in [-0.4, -0.2) is 21.9 Å². The molecule has 0 atom stereocenters. The number of amides is 1. The van der Waals surface area contributed by atoms with Gasteiger partial charge >= 0.3 is 0 Å². The second kappa shape index (κ2) is 7.72. The number of benzene rings is 3. The Bertz CT molecular complexity index is 1300. The van der Waals surface area contributed by atoms with Gasteiger partial charge in [0.15, 0.2) is 0 Å². The van der Waals surface area contributed by atoms with Crippen LogP contribution in [-0.2, 0) is 4.79 Å². The Labute approximate surface area is 168 Å². The van der Waals surface area contributed by atoms with Crippen LogP contribution in [0.2, 0.25) is 0 Å². The molecule has 5 nitrogen and oxygen atoms in total. The Hall–Kier alpha value is -3.73. The molecule has 5 heteroatoms. The molecule has 0 aliphatic carbocycles. The van der Waals surface area contributed by atoms with E-state index in [-0.39, 0.29) is 17.5 Å². The van der Waals surface area contributed by atoms with Gasteiger partial charge in [-0.05, 0) is 36.8 Å². The van der Waals surface area contributed by atoms with Gasteiger partial charge in [0.2, 0.25) is 5.91 Å². The Morgan fingerprint density at radius 1 is 1.00 bits per heavy atom. The molecule has 0 aliphatic heterocycles. The van der Waals surface area contributed by atoms with Crippen LogP contribution in [0.4, 0.5) is 0 Å². The lowest BCUT2D eigenvalue weighted by molar-refractivity contribution is -0.116. The van der Waals surface area contributed by atoms with E-state index in [1.807, 2.05) is 62.4 Å². The molecule has 144 valence electrons. The molecule has 2 N–H and O–H groups in total. The summed E-state index contributed by atoms with van der Waals surface area (Å²) in [4.78, 5) is 32.4. The summed E-state index contributed by atoms with van der Waals surface area (Å²) in [5.41, 5.74) is 1.93. The summed E-state index contributed by atoms with van der Waals surface area (Å²) in [6, 6.07) is 19.3. The highest BCUT2D eigenvalue weighted by molar-refractivity contribution is 5.98. The van der Waals surface area contributed by atoms with Crippen LogP contribution in [0.5, 0.6) is 0 Å². The second-order valence-corrected chi connectivity index (χ2v) is 7.18. The SMILES string of the molecule is CC(C)NC(=O)/C=C/c1cccc2c(=O)[nH]c(-c3cccc4ccccc34)nc12. The molecular weight excluding hydrogens is 362 g/mol. The summed E-state index contributed by atoms with van der Waals surface area (Å²) >= 11 is 0. The molecule has 0 radical (unpaired) electrons. The number of hydrogen-bond donors (Lipinski definition) is 2. The van der Waals surface area contributed by atoms with E-state index < -0.39 is 0 Å². The molecule has 0 spiro atoms. The average Bonchev–Trinajstić information content (AvgIpc) is 2.71. The maximum absolute atomic E-state index is 12.7. The maximum Gasteiger partial charge on any atom is 0.259 e. The van der Waals surface area contributed by atoms with E-state index in [0.717, 1.165) is 16.3 Å². The van der Waals surface area contributed by atoms with Crippen molar-refractivity contribution in [1.29, 1.82) is 0 Å². The van der Waals surface area contributed by atoms with Gasteiger partial charge in [0.25, 0.3) is 5.56 Å². The van der Waals surface area contributed by atoms with Gasteiger partial charge < -0.3 is 10.3 Å². The van der Waals surface area contributed by atoms with Crippen LogP contribution in [0.15, 0.2) is 71.5 Å². The van der Waals surface area contributed by atoms with Gasteiger partial charge in [0.05, 0.1) is 10.9 Å². The maximum atomic E-state index is 12.7. The normalized spacial score (nSPS) is 11.6. The van der Waals surface area contributed by atoms with E-state index in [1.54, 1.807) is 18.2 Å². The highest BCUT2D eigenvalue weighted by Gasteiger charge is 2.11. The number of aromatic amines is 1. The van der Waals surface area contributed by atoms with E-state index in [4.69, 9.17) is 4.98 Å². The van der Waals surface area contributed by atoms with Gasteiger partial charge in [-0.25, -0.2) is 4.98 Å². The van der Waals surface area contributed by atoms with Crippen LogP contribution < -0.4 is 10.9 Å². The minimum Gasteiger partial charge on any atom is -0.350 e. The number of fused-ring (bicyclic) bond motifs is 2. The summed E-state index contributed by atoms with van der Waals surface area (Å²) in [5.74, 6) is 0.322. The van der Waals surface area contributed by atoms with E-state index in [0.29, 0.717) is 22.3 Å². The number of para-hydroxylation sites is 1. The van der Waals surface area contributed by atoms with Crippen molar-refractivity contribution < 1.29 is 4.79 Å². The molecule has 0 bridgehead atoms. The smallest absolute Gasteiger partial charge is 0.259 e. The van der Waals surface area contributed by atoms with Gasteiger partial charge in [-0.15, -0.1) is 0 Å². The molecule has 29 heavy (non-hydrogen) atoms. The summed E-state index contributed by atoms with van der Waals surface area (Å²) in [7, 11) is 0. The molecule has 1 amide bonds. The van der Waals surface area contributed by atoms with Crippen molar-refractivity contribution >= 4 is 33.7 Å². The third-order valence-electron chi connectivity index (χ3n) is 4.66. The van der Waals surface area contributed by atoms with E-state index in [2.05, 4.69) is 10.3 Å². The molecule has 1 heterocycles. The molecule has 0 aliphatic rings. The fourth-order valence-electron chi connectivity index (χ4n) is 3.38. The van der Waals surface area contributed by atoms with E-state index in [9.17, 15) is 9.59 Å². The molecule has 3 aromatic carbocycles. The van der Waals surface area contributed by atoms with Crippen molar-refractivity contribution in [2.45, 2.75) is 19.9 Å². The largest absolute Gasteiger partial charge is 0.350 e. The second-order valence-electron chi connectivity index (χ2n) is 7.18. The monoisotopic (exact) mass is 383 g/mol. The average molecular weight is 383 g/mol. The van der Waals surface area contributed by atoms with Crippen molar-refractivity contribution in [2.24, 2.45) is 0 Å². The Morgan fingerprint density at radius 2 is 1.72 bits per heavy atom. The number of nitrogens with zero attached hydrogens (tertiary/aromatic N) is 1. The van der Waals surface area contributed by atoms with Gasteiger partial charge in [0, 0.05) is 23.2 Å². The highest BCUT2D eigenvalue weighted by atomic mass is 16.1. The van der Waals surface area contributed by atoms with E-state index in [1.165, 1.54) is 6.08 Å². The molecule has 0 fully saturated rings. The van der Waals surface area contributed by atoms with Crippen molar-refractivity contribution in [3.63, 3.8) is 0 Å². The molecular formula is C24H21N3O2. The zero-order valence-electron chi connectivity index (χ0n) is 16.3.